The summed E-state index contributed by atoms with van der Waals surface area (Å²) in [6.45, 7) is 0.315. The van der Waals surface area contributed by atoms with Crippen molar-refractivity contribution in [2.75, 3.05) is 6.79 Å². The highest BCUT2D eigenvalue weighted by Crippen LogP contribution is 2.40. The van der Waals surface area contributed by atoms with Gasteiger partial charge in [-0.05, 0) is 31.0 Å². The Morgan fingerprint density at radius 3 is 2.94 bits per heavy atom. The summed E-state index contributed by atoms with van der Waals surface area (Å²) in [5.41, 5.74) is 1.09. The minimum absolute atomic E-state index is 0.315. The van der Waals surface area contributed by atoms with E-state index in [1.54, 1.807) is 0 Å². The first-order valence-corrected chi connectivity index (χ1v) is 5.85. The van der Waals surface area contributed by atoms with E-state index < -0.39 is 0 Å². The largest absolute Gasteiger partial charge is 0.454 e. The predicted molar refractivity (Wildman–Crippen MR) is 62.1 cm³/mol. The number of aromatic nitrogens is 2. The lowest BCUT2D eigenvalue weighted by molar-refractivity contribution is 0.174. The molecule has 2 aliphatic rings. The molecule has 86 valence electrons. The quantitative estimate of drug-likeness (QED) is 0.792. The van der Waals surface area contributed by atoms with Crippen molar-refractivity contribution in [3.05, 3.63) is 30.6 Å². The number of hydrogen-bond acceptors (Lipinski definition) is 3. The lowest BCUT2D eigenvalue weighted by Gasteiger charge is -2.06. The number of nitrogens with zero attached hydrogens (tertiary/aromatic N) is 2. The predicted octanol–water partition coefficient (Wildman–Crippen LogP) is 2.61. The average Bonchev–Trinajstić information content (AvgIpc) is 2.93. The summed E-state index contributed by atoms with van der Waals surface area (Å²) in [6.07, 6.45) is 6.43. The smallest absolute Gasteiger partial charge is 0.231 e. The van der Waals surface area contributed by atoms with Crippen LogP contribution in [-0.2, 0) is 0 Å². The molecule has 2 heterocycles. The number of ether oxygens (including phenoxy) is 2. The Labute approximate surface area is 98.8 Å². The molecule has 4 heteroatoms. The molecule has 0 amide bonds. The van der Waals surface area contributed by atoms with Crippen molar-refractivity contribution < 1.29 is 9.47 Å². The van der Waals surface area contributed by atoms with E-state index in [1.165, 1.54) is 12.8 Å². The van der Waals surface area contributed by atoms with E-state index in [9.17, 15) is 0 Å². The molecular weight excluding hydrogens is 216 g/mol. The van der Waals surface area contributed by atoms with Crippen LogP contribution in [-0.4, -0.2) is 16.3 Å². The Morgan fingerprint density at radius 2 is 2.06 bits per heavy atom. The van der Waals surface area contributed by atoms with Gasteiger partial charge in [-0.1, -0.05) is 0 Å². The Morgan fingerprint density at radius 1 is 1.18 bits per heavy atom. The minimum atomic E-state index is 0.315. The summed E-state index contributed by atoms with van der Waals surface area (Å²) in [6, 6.07) is 6.62. The molecule has 0 radical (unpaired) electrons. The zero-order chi connectivity index (χ0) is 11.2. The van der Waals surface area contributed by atoms with Gasteiger partial charge in [-0.25, -0.2) is 4.98 Å². The first-order chi connectivity index (χ1) is 8.42. The molecule has 1 aliphatic carbocycles. The number of benzene rings is 1. The van der Waals surface area contributed by atoms with E-state index in [2.05, 4.69) is 15.7 Å². The maximum absolute atomic E-state index is 5.39. The van der Waals surface area contributed by atoms with Crippen LogP contribution in [0.5, 0.6) is 11.5 Å². The maximum Gasteiger partial charge on any atom is 0.231 e. The molecule has 17 heavy (non-hydrogen) atoms. The summed E-state index contributed by atoms with van der Waals surface area (Å²) >= 11 is 0. The molecule has 0 spiro atoms. The second kappa shape index (κ2) is 3.26. The topological polar surface area (TPSA) is 36.3 Å². The molecule has 1 fully saturated rings. The van der Waals surface area contributed by atoms with Gasteiger partial charge in [-0.2, -0.15) is 0 Å². The highest BCUT2D eigenvalue weighted by atomic mass is 16.7. The normalized spacial score (nSPS) is 17.4. The second-order valence-electron chi connectivity index (χ2n) is 4.46. The van der Waals surface area contributed by atoms with E-state index >= 15 is 0 Å². The summed E-state index contributed by atoms with van der Waals surface area (Å²) in [5.74, 6) is 2.65. The van der Waals surface area contributed by atoms with Gasteiger partial charge in [0.25, 0.3) is 0 Å². The number of fused-ring (bicyclic) bond motifs is 1. The zero-order valence-corrected chi connectivity index (χ0v) is 9.30. The molecule has 1 aliphatic heterocycles. The van der Waals surface area contributed by atoms with Crippen LogP contribution < -0.4 is 9.47 Å². The molecular formula is C13H12N2O2. The van der Waals surface area contributed by atoms with E-state index in [4.69, 9.17) is 9.47 Å². The van der Waals surface area contributed by atoms with Crippen molar-refractivity contribution in [1.82, 2.24) is 9.55 Å². The van der Waals surface area contributed by atoms with Crippen LogP contribution >= 0.6 is 0 Å². The SMILES string of the molecule is c1cn(C2CC2)c(-c2ccc3c(c2)OCO3)n1. The van der Waals surface area contributed by atoms with Crippen LogP contribution in [0, 0.1) is 0 Å². The molecule has 1 saturated carbocycles. The molecule has 0 atom stereocenters. The van der Waals surface area contributed by atoms with Crippen LogP contribution in [0.1, 0.15) is 18.9 Å². The van der Waals surface area contributed by atoms with Crippen LogP contribution in [0.25, 0.3) is 11.4 Å². The third kappa shape index (κ3) is 1.40. The van der Waals surface area contributed by atoms with E-state index in [-0.39, 0.29) is 0 Å². The van der Waals surface area contributed by atoms with E-state index in [1.807, 2.05) is 24.4 Å². The Bertz CT molecular complexity index is 573. The van der Waals surface area contributed by atoms with Gasteiger partial charge in [0.15, 0.2) is 11.5 Å². The van der Waals surface area contributed by atoms with Crippen LogP contribution in [0.3, 0.4) is 0 Å². The maximum atomic E-state index is 5.39. The zero-order valence-electron chi connectivity index (χ0n) is 9.30. The summed E-state index contributed by atoms with van der Waals surface area (Å²) < 4.78 is 13.0. The van der Waals surface area contributed by atoms with Gasteiger partial charge in [0.2, 0.25) is 6.79 Å². The third-order valence-corrected chi connectivity index (χ3v) is 3.24. The van der Waals surface area contributed by atoms with Crippen molar-refractivity contribution in [3.8, 4) is 22.9 Å². The van der Waals surface area contributed by atoms with Crippen molar-refractivity contribution in [2.45, 2.75) is 18.9 Å². The standard InChI is InChI=1S/C13H12N2O2/c1-4-11-12(17-8-16-11)7-9(1)13-14-5-6-15(13)10-2-3-10/h1,4-7,10H,2-3,8H2. The molecule has 2 aromatic rings. The molecule has 0 saturated heterocycles. The molecule has 0 N–H and O–H groups in total. The minimum Gasteiger partial charge on any atom is -0.454 e. The van der Waals surface area contributed by atoms with Crippen LogP contribution in [0.4, 0.5) is 0 Å². The molecule has 0 unspecified atom stereocenters. The second-order valence-corrected chi connectivity index (χ2v) is 4.46. The highest BCUT2D eigenvalue weighted by molar-refractivity contribution is 5.62. The average molecular weight is 228 g/mol. The van der Waals surface area contributed by atoms with Crippen molar-refractivity contribution >= 4 is 0 Å². The highest BCUT2D eigenvalue weighted by Gasteiger charge is 2.26. The molecule has 1 aromatic heterocycles. The lowest BCUT2D eigenvalue weighted by Crippen LogP contribution is -1.95. The molecule has 0 bridgehead atoms. The van der Waals surface area contributed by atoms with Gasteiger partial charge < -0.3 is 14.0 Å². The monoisotopic (exact) mass is 228 g/mol. The van der Waals surface area contributed by atoms with Gasteiger partial charge in [0.1, 0.15) is 5.82 Å². The van der Waals surface area contributed by atoms with Crippen molar-refractivity contribution in [2.24, 2.45) is 0 Å². The Kier molecular flexibility index (Phi) is 1.75. The Balaban J connectivity index is 1.80. The van der Waals surface area contributed by atoms with Gasteiger partial charge in [-0.3, -0.25) is 0 Å². The third-order valence-electron chi connectivity index (χ3n) is 3.24. The fraction of sp³-hybridized carbons (Fsp3) is 0.308. The number of rotatable bonds is 2. The summed E-state index contributed by atoms with van der Waals surface area (Å²) in [5, 5.41) is 0. The van der Waals surface area contributed by atoms with Crippen LogP contribution in [0.15, 0.2) is 30.6 Å². The van der Waals surface area contributed by atoms with E-state index in [0.717, 1.165) is 22.9 Å². The summed E-state index contributed by atoms with van der Waals surface area (Å²) in [4.78, 5) is 4.44. The lowest BCUT2D eigenvalue weighted by atomic mass is 10.2. The van der Waals surface area contributed by atoms with E-state index in [0.29, 0.717) is 12.8 Å². The van der Waals surface area contributed by atoms with Gasteiger partial charge in [0, 0.05) is 24.0 Å². The van der Waals surface area contributed by atoms with Gasteiger partial charge >= 0.3 is 0 Å². The van der Waals surface area contributed by atoms with Crippen molar-refractivity contribution in [1.29, 1.82) is 0 Å². The molecule has 4 rings (SSSR count). The fourth-order valence-electron chi connectivity index (χ4n) is 2.22. The number of hydrogen-bond donors (Lipinski definition) is 0. The van der Waals surface area contributed by atoms with Gasteiger partial charge in [-0.15, -0.1) is 0 Å². The first kappa shape index (κ1) is 9.10. The first-order valence-electron chi connectivity index (χ1n) is 5.85. The Hall–Kier alpha value is -1.97. The fourth-order valence-corrected chi connectivity index (χ4v) is 2.22. The van der Waals surface area contributed by atoms with Crippen LogP contribution in [0.2, 0.25) is 0 Å². The summed E-state index contributed by atoms with van der Waals surface area (Å²) in [7, 11) is 0. The van der Waals surface area contributed by atoms with Gasteiger partial charge in [0.05, 0.1) is 0 Å². The molecule has 4 nitrogen and oxygen atoms in total. The number of imidazole rings is 1. The molecule has 1 aromatic carbocycles. The van der Waals surface area contributed by atoms with Crippen molar-refractivity contribution in [3.63, 3.8) is 0 Å².